The van der Waals surface area contributed by atoms with Gasteiger partial charge in [0.1, 0.15) is 6.17 Å². The summed E-state index contributed by atoms with van der Waals surface area (Å²) < 4.78 is 18.0. The molecule has 0 saturated carbocycles. The van der Waals surface area contributed by atoms with Crippen LogP contribution in [0.3, 0.4) is 0 Å². The number of likely N-dealkylation sites (tertiary alicyclic amines) is 1. The van der Waals surface area contributed by atoms with Crippen LogP contribution in [0.5, 0.6) is 0 Å². The van der Waals surface area contributed by atoms with Crippen molar-refractivity contribution < 1.29 is 4.39 Å². The first kappa shape index (κ1) is 22.3. The predicted octanol–water partition coefficient (Wildman–Crippen LogP) is 4.85. The van der Waals surface area contributed by atoms with Crippen molar-refractivity contribution in [3.63, 3.8) is 0 Å². The standard InChI is InChI=1S/C25H40FN3/c1-8-10-12-18(11-9-2)23(26)19-13-20-15-28(6)16-21(20)22(14-19)25(4)24(27-5)17(3)29(25)7/h8-11,15-19,22-24,27H,12-14H2,1-7H3/b10-8-,11-9-/t17?,18?,19?,22?,23?,24-,25?/m1/s1. The van der Waals surface area contributed by atoms with E-state index in [0.29, 0.717) is 18.0 Å². The molecule has 4 heteroatoms. The first-order valence-electron chi connectivity index (χ1n) is 11.2. The fourth-order valence-corrected chi connectivity index (χ4v) is 6.22. The van der Waals surface area contributed by atoms with Crippen LogP contribution in [0, 0.1) is 11.8 Å². The van der Waals surface area contributed by atoms with Gasteiger partial charge in [0, 0.05) is 48.9 Å². The van der Waals surface area contributed by atoms with Gasteiger partial charge in [-0.05, 0) is 78.1 Å². The Morgan fingerprint density at radius 1 is 1.28 bits per heavy atom. The normalized spacial score (nSPS) is 35.0. The number of hydrogen-bond acceptors (Lipinski definition) is 2. The minimum Gasteiger partial charge on any atom is -0.357 e. The molecule has 29 heavy (non-hydrogen) atoms. The van der Waals surface area contributed by atoms with E-state index in [0.717, 1.165) is 19.3 Å². The number of rotatable bonds is 7. The predicted molar refractivity (Wildman–Crippen MR) is 121 cm³/mol. The second-order valence-electron chi connectivity index (χ2n) is 9.44. The molecule has 1 aromatic rings. The van der Waals surface area contributed by atoms with Gasteiger partial charge in [0.2, 0.25) is 0 Å². The van der Waals surface area contributed by atoms with Crippen LogP contribution in [0.15, 0.2) is 36.7 Å². The number of halogens is 1. The van der Waals surface area contributed by atoms with Gasteiger partial charge >= 0.3 is 0 Å². The van der Waals surface area contributed by atoms with Crippen LogP contribution in [0.25, 0.3) is 0 Å². The summed E-state index contributed by atoms with van der Waals surface area (Å²) >= 11 is 0. The lowest BCUT2D eigenvalue weighted by molar-refractivity contribution is -0.0944. The lowest BCUT2D eigenvalue weighted by atomic mass is 9.60. The number of allylic oxidation sites excluding steroid dienone is 4. The number of nitrogens with one attached hydrogen (secondary N) is 1. The van der Waals surface area contributed by atoms with Gasteiger partial charge in [-0.1, -0.05) is 24.3 Å². The summed E-state index contributed by atoms with van der Waals surface area (Å²) in [5.74, 6) is 0.348. The highest BCUT2D eigenvalue weighted by Gasteiger charge is 2.58. The molecule has 1 N–H and O–H groups in total. The van der Waals surface area contributed by atoms with Crippen molar-refractivity contribution in [2.24, 2.45) is 18.9 Å². The van der Waals surface area contributed by atoms with Crippen molar-refractivity contribution in [2.45, 2.75) is 76.7 Å². The van der Waals surface area contributed by atoms with Crippen molar-refractivity contribution in [3.05, 3.63) is 47.8 Å². The maximum absolute atomic E-state index is 15.9. The lowest BCUT2D eigenvalue weighted by Gasteiger charge is -2.64. The summed E-state index contributed by atoms with van der Waals surface area (Å²) in [6, 6.07) is 0.904. The smallest absolute Gasteiger partial charge is 0.110 e. The highest BCUT2D eigenvalue weighted by Crippen LogP contribution is 2.52. The Bertz CT molecular complexity index is 751. The molecular formula is C25H40FN3. The summed E-state index contributed by atoms with van der Waals surface area (Å²) in [6.07, 6.45) is 14.4. The van der Waals surface area contributed by atoms with Crippen molar-refractivity contribution in [1.82, 2.24) is 14.8 Å². The number of aromatic nitrogens is 1. The zero-order valence-electron chi connectivity index (χ0n) is 19.3. The third kappa shape index (κ3) is 3.74. The number of alkyl halides is 1. The van der Waals surface area contributed by atoms with Crippen LogP contribution in [0.1, 0.15) is 57.6 Å². The van der Waals surface area contributed by atoms with Gasteiger partial charge in [-0.2, -0.15) is 0 Å². The molecule has 0 spiro atoms. The van der Waals surface area contributed by atoms with Gasteiger partial charge in [0.05, 0.1) is 0 Å². The molecule has 0 bridgehead atoms. The maximum Gasteiger partial charge on any atom is 0.110 e. The molecule has 1 saturated heterocycles. The fraction of sp³-hybridized carbons (Fsp3) is 0.680. The van der Waals surface area contributed by atoms with Crippen molar-refractivity contribution >= 4 is 0 Å². The van der Waals surface area contributed by atoms with Gasteiger partial charge in [-0.3, -0.25) is 4.90 Å². The molecule has 1 fully saturated rings. The zero-order chi connectivity index (χ0) is 21.3. The molecule has 0 amide bonds. The summed E-state index contributed by atoms with van der Waals surface area (Å²) in [5.41, 5.74) is 2.77. The van der Waals surface area contributed by atoms with E-state index >= 15 is 4.39 Å². The van der Waals surface area contributed by atoms with Crippen LogP contribution in [-0.4, -0.2) is 47.4 Å². The van der Waals surface area contributed by atoms with Gasteiger partial charge < -0.3 is 9.88 Å². The van der Waals surface area contributed by atoms with Gasteiger partial charge in [0.25, 0.3) is 0 Å². The molecule has 3 nitrogen and oxygen atoms in total. The van der Waals surface area contributed by atoms with Crippen molar-refractivity contribution in [3.8, 4) is 0 Å². The van der Waals surface area contributed by atoms with Gasteiger partial charge in [-0.15, -0.1) is 0 Å². The molecule has 7 atom stereocenters. The number of nitrogens with zero attached hydrogens (tertiary/aromatic N) is 2. The zero-order valence-corrected chi connectivity index (χ0v) is 19.3. The van der Waals surface area contributed by atoms with E-state index in [4.69, 9.17) is 0 Å². The van der Waals surface area contributed by atoms with E-state index in [1.54, 1.807) is 0 Å². The minimum atomic E-state index is -0.822. The largest absolute Gasteiger partial charge is 0.357 e. The van der Waals surface area contributed by atoms with Crippen LogP contribution >= 0.6 is 0 Å². The topological polar surface area (TPSA) is 20.2 Å². The Morgan fingerprint density at radius 3 is 2.62 bits per heavy atom. The molecule has 0 radical (unpaired) electrons. The first-order valence-corrected chi connectivity index (χ1v) is 11.2. The first-order chi connectivity index (χ1) is 13.8. The summed E-state index contributed by atoms with van der Waals surface area (Å²) in [6.45, 7) is 8.66. The average molecular weight is 402 g/mol. The molecule has 1 aliphatic carbocycles. The lowest BCUT2D eigenvalue weighted by Crippen LogP contribution is -2.79. The molecule has 3 rings (SSSR count). The Morgan fingerprint density at radius 2 is 2.00 bits per heavy atom. The molecule has 162 valence electrons. The van der Waals surface area contributed by atoms with Crippen molar-refractivity contribution in [2.75, 3.05) is 14.1 Å². The van der Waals surface area contributed by atoms with E-state index in [9.17, 15) is 0 Å². The van der Waals surface area contributed by atoms with Crippen LogP contribution in [0.4, 0.5) is 4.39 Å². The summed E-state index contributed by atoms with van der Waals surface area (Å²) in [4.78, 5) is 2.49. The fourth-order valence-electron chi connectivity index (χ4n) is 6.22. The number of fused-ring (bicyclic) bond motifs is 1. The van der Waals surface area contributed by atoms with Gasteiger partial charge in [-0.25, -0.2) is 4.39 Å². The minimum absolute atomic E-state index is 0.00206. The molecular weight excluding hydrogens is 361 g/mol. The third-order valence-corrected chi connectivity index (χ3v) is 7.91. The Kier molecular flexibility index (Phi) is 6.74. The quantitative estimate of drug-likeness (QED) is 0.659. The maximum atomic E-state index is 15.9. The van der Waals surface area contributed by atoms with E-state index < -0.39 is 6.17 Å². The molecule has 2 heterocycles. The highest BCUT2D eigenvalue weighted by atomic mass is 19.1. The summed E-state index contributed by atoms with van der Waals surface area (Å²) in [5, 5.41) is 3.56. The Labute approximate surface area is 177 Å². The molecule has 1 aliphatic heterocycles. The monoisotopic (exact) mass is 401 g/mol. The van der Waals surface area contributed by atoms with E-state index in [2.05, 4.69) is 74.3 Å². The average Bonchev–Trinajstić information content (AvgIpc) is 3.09. The number of hydrogen-bond donors (Lipinski definition) is 1. The van der Waals surface area contributed by atoms with Crippen LogP contribution in [0.2, 0.25) is 0 Å². The van der Waals surface area contributed by atoms with Crippen LogP contribution < -0.4 is 5.32 Å². The summed E-state index contributed by atoms with van der Waals surface area (Å²) in [7, 11) is 6.39. The SMILES string of the molecule is C/C=C\CC(/C=C\C)C(F)C1Cc2cn(C)cc2C(C2(C)[C@H](NC)C(C)N2C)C1. The second kappa shape index (κ2) is 8.77. The molecule has 6 unspecified atom stereocenters. The highest BCUT2D eigenvalue weighted by molar-refractivity contribution is 5.37. The Hall–Kier alpha value is -1.39. The molecule has 2 aliphatic rings. The third-order valence-electron chi connectivity index (χ3n) is 7.91. The number of likely N-dealkylation sites (N-methyl/N-ethyl adjacent to an activating group) is 2. The van der Waals surface area contributed by atoms with Crippen LogP contribution in [-0.2, 0) is 13.5 Å². The van der Waals surface area contributed by atoms with Crippen molar-refractivity contribution in [1.29, 1.82) is 0 Å². The molecule has 0 aromatic carbocycles. The number of aryl methyl sites for hydroxylation is 1. The van der Waals surface area contributed by atoms with E-state index in [-0.39, 0.29) is 17.4 Å². The second-order valence-corrected chi connectivity index (χ2v) is 9.44. The van der Waals surface area contributed by atoms with Gasteiger partial charge in [0.15, 0.2) is 0 Å². The van der Waals surface area contributed by atoms with E-state index in [1.807, 2.05) is 26.0 Å². The van der Waals surface area contributed by atoms with E-state index in [1.165, 1.54) is 11.1 Å². The molecule has 1 aromatic heterocycles. The Balaban J connectivity index is 1.94.